The molecule has 4 aromatic rings. The third-order valence-corrected chi connectivity index (χ3v) is 6.83. The van der Waals surface area contributed by atoms with E-state index in [-0.39, 0.29) is 23.8 Å². The molecule has 150 valence electrons. The molecule has 3 aromatic carbocycles. The number of carbonyl (C=O) groups is 1. The molecular formula is C23H18N2O4S. The second kappa shape index (κ2) is 7.03. The van der Waals surface area contributed by atoms with E-state index in [2.05, 4.69) is 5.32 Å². The topological polar surface area (TPSA) is 77.4 Å². The van der Waals surface area contributed by atoms with Gasteiger partial charge in [0.2, 0.25) is 5.91 Å². The van der Waals surface area contributed by atoms with Gasteiger partial charge in [-0.15, -0.1) is 0 Å². The monoisotopic (exact) mass is 418 g/mol. The van der Waals surface area contributed by atoms with E-state index in [9.17, 15) is 13.2 Å². The second-order valence-electron chi connectivity index (χ2n) is 7.00. The average Bonchev–Trinajstić information content (AvgIpc) is 3.04. The van der Waals surface area contributed by atoms with E-state index in [1.54, 1.807) is 48.5 Å². The third-order valence-electron chi connectivity index (χ3n) is 5.09. The molecule has 0 saturated carbocycles. The first-order valence-electron chi connectivity index (χ1n) is 9.53. The molecule has 2 heterocycles. The van der Waals surface area contributed by atoms with Crippen molar-refractivity contribution in [1.82, 2.24) is 3.97 Å². The van der Waals surface area contributed by atoms with Crippen molar-refractivity contribution in [2.24, 2.45) is 0 Å². The van der Waals surface area contributed by atoms with Crippen LogP contribution in [0.15, 0.2) is 83.8 Å². The van der Waals surface area contributed by atoms with Crippen molar-refractivity contribution in [2.45, 2.75) is 11.3 Å². The number of rotatable bonds is 3. The number of anilines is 1. The van der Waals surface area contributed by atoms with Crippen molar-refractivity contribution in [1.29, 1.82) is 0 Å². The standard InChI is InChI=1S/C23H18N2O4S/c26-22-13-14-29-23-18(10-6-11-19(23)24-22)21-15-16-7-4-5-12-20(16)25(21)30(27,28)17-8-2-1-3-9-17/h1-12,15H,13-14H2,(H,24,26). The molecule has 1 aromatic heterocycles. The molecule has 6 nitrogen and oxygen atoms in total. The number of nitrogens with one attached hydrogen (secondary N) is 1. The summed E-state index contributed by atoms with van der Waals surface area (Å²) in [7, 11) is -3.87. The van der Waals surface area contributed by atoms with Crippen LogP contribution in [0.1, 0.15) is 6.42 Å². The molecule has 0 unspecified atom stereocenters. The summed E-state index contributed by atoms with van der Waals surface area (Å²) in [5.74, 6) is 0.332. The van der Waals surface area contributed by atoms with E-state index in [0.29, 0.717) is 28.2 Å². The molecule has 7 heteroatoms. The lowest BCUT2D eigenvalue weighted by Crippen LogP contribution is -2.14. The van der Waals surface area contributed by atoms with Crippen molar-refractivity contribution in [3.8, 4) is 17.0 Å². The molecule has 0 bridgehead atoms. The van der Waals surface area contributed by atoms with Gasteiger partial charge in [-0.3, -0.25) is 4.79 Å². The normalized spacial score (nSPS) is 13.9. The first-order chi connectivity index (χ1) is 14.6. The largest absolute Gasteiger partial charge is 0.490 e. The zero-order valence-electron chi connectivity index (χ0n) is 15.9. The van der Waals surface area contributed by atoms with Crippen LogP contribution in [-0.2, 0) is 14.8 Å². The van der Waals surface area contributed by atoms with E-state index in [1.165, 1.54) is 3.97 Å². The SMILES string of the molecule is O=C1CCOc2c(cccc2-c2cc3ccccc3n2S(=O)(=O)c2ccccc2)N1. The Morgan fingerprint density at radius 3 is 2.50 bits per heavy atom. The van der Waals surface area contributed by atoms with Crippen molar-refractivity contribution in [3.63, 3.8) is 0 Å². The van der Waals surface area contributed by atoms with Crippen molar-refractivity contribution < 1.29 is 17.9 Å². The number of fused-ring (bicyclic) bond motifs is 2. The minimum Gasteiger partial charge on any atom is -0.490 e. The van der Waals surface area contributed by atoms with Gasteiger partial charge in [-0.05, 0) is 36.4 Å². The molecular weight excluding hydrogens is 400 g/mol. The smallest absolute Gasteiger partial charge is 0.268 e. The summed E-state index contributed by atoms with van der Waals surface area (Å²) >= 11 is 0. The lowest BCUT2D eigenvalue weighted by Gasteiger charge is -2.16. The van der Waals surface area contributed by atoms with Crippen LogP contribution in [0, 0.1) is 0 Å². The highest BCUT2D eigenvalue weighted by atomic mass is 32.2. The van der Waals surface area contributed by atoms with Gasteiger partial charge in [-0.2, -0.15) is 0 Å². The van der Waals surface area contributed by atoms with Crippen molar-refractivity contribution >= 4 is 32.5 Å². The number of ether oxygens (including phenoxy) is 1. The third kappa shape index (κ3) is 2.95. The fourth-order valence-corrected chi connectivity index (χ4v) is 5.27. The maximum atomic E-state index is 13.6. The van der Waals surface area contributed by atoms with E-state index in [4.69, 9.17) is 4.74 Å². The van der Waals surface area contributed by atoms with Crippen LogP contribution >= 0.6 is 0 Å². The maximum absolute atomic E-state index is 13.6. The summed E-state index contributed by atoms with van der Waals surface area (Å²) in [6.07, 6.45) is 0.236. The molecule has 1 aliphatic heterocycles. The molecule has 1 amide bonds. The molecule has 0 spiro atoms. The second-order valence-corrected chi connectivity index (χ2v) is 8.79. The fraction of sp³-hybridized carbons (Fsp3) is 0.0870. The van der Waals surface area contributed by atoms with E-state index in [0.717, 1.165) is 5.39 Å². The highest BCUT2D eigenvalue weighted by Gasteiger charge is 2.27. The summed E-state index contributed by atoms with van der Waals surface area (Å²) in [6, 6.07) is 22.8. The van der Waals surface area contributed by atoms with E-state index < -0.39 is 10.0 Å². The van der Waals surface area contributed by atoms with Gasteiger partial charge in [0.1, 0.15) is 0 Å². The van der Waals surface area contributed by atoms with Crippen LogP contribution in [0.2, 0.25) is 0 Å². The van der Waals surface area contributed by atoms with Crippen molar-refractivity contribution in [3.05, 3.63) is 78.9 Å². The molecule has 0 aliphatic carbocycles. The van der Waals surface area contributed by atoms with Crippen LogP contribution < -0.4 is 10.1 Å². The molecule has 0 fully saturated rings. The average molecular weight is 418 g/mol. The molecule has 30 heavy (non-hydrogen) atoms. The summed E-state index contributed by atoms with van der Waals surface area (Å²) in [5, 5.41) is 3.63. The zero-order valence-corrected chi connectivity index (χ0v) is 16.7. The van der Waals surface area contributed by atoms with Gasteiger partial charge in [0.25, 0.3) is 10.0 Å². The minimum atomic E-state index is -3.87. The Kier molecular flexibility index (Phi) is 4.33. The number of benzene rings is 3. The number of amides is 1. The Morgan fingerprint density at radius 1 is 0.900 bits per heavy atom. The van der Waals surface area contributed by atoms with Gasteiger partial charge in [0.15, 0.2) is 5.75 Å². The summed E-state index contributed by atoms with van der Waals surface area (Å²) in [4.78, 5) is 12.2. The number of para-hydroxylation sites is 2. The first kappa shape index (κ1) is 18.4. The Bertz CT molecular complexity index is 1380. The number of carbonyl (C=O) groups excluding carboxylic acids is 1. The Morgan fingerprint density at radius 2 is 1.67 bits per heavy atom. The number of hydrogen-bond donors (Lipinski definition) is 1. The molecule has 1 aliphatic rings. The van der Waals surface area contributed by atoms with Gasteiger partial charge in [-0.1, -0.05) is 42.5 Å². The Labute approximate surface area is 173 Å². The van der Waals surface area contributed by atoms with E-state index >= 15 is 0 Å². The van der Waals surface area contributed by atoms with Gasteiger partial charge in [-0.25, -0.2) is 12.4 Å². The van der Waals surface area contributed by atoms with Crippen LogP contribution in [0.4, 0.5) is 5.69 Å². The number of hydrogen-bond acceptors (Lipinski definition) is 4. The quantitative estimate of drug-likeness (QED) is 0.539. The van der Waals surface area contributed by atoms with E-state index in [1.807, 2.05) is 30.3 Å². The highest BCUT2D eigenvalue weighted by Crippen LogP contribution is 2.41. The van der Waals surface area contributed by atoms with Crippen LogP contribution in [-0.4, -0.2) is 24.9 Å². The van der Waals surface area contributed by atoms with Gasteiger partial charge >= 0.3 is 0 Å². The molecule has 0 saturated heterocycles. The van der Waals surface area contributed by atoms with Gasteiger partial charge in [0, 0.05) is 10.9 Å². The number of nitrogens with zero attached hydrogens (tertiary/aromatic N) is 1. The first-order valence-corrected chi connectivity index (χ1v) is 11.0. The van der Waals surface area contributed by atoms with Crippen LogP contribution in [0.25, 0.3) is 22.2 Å². The Balaban J connectivity index is 1.82. The van der Waals surface area contributed by atoms with Gasteiger partial charge < -0.3 is 10.1 Å². The summed E-state index contributed by atoms with van der Waals surface area (Å²) in [6.45, 7) is 0.224. The lowest BCUT2D eigenvalue weighted by atomic mass is 10.1. The molecule has 0 radical (unpaired) electrons. The summed E-state index contributed by atoms with van der Waals surface area (Å²) < 4.78 is 34.5. The van der Waals surface area contributed by atoms with Crippen LogP contribution in [0.5, 0.6) is 5.75 Å². The minimum absolute atomic E-state index is 0.136. The van der Waals surface area contributed by atoms with Crippen LogP contribution in [0.3, 0.4) is 0 Å². The molecule has 5 rings (SSSR count). The zero-order chi connectivity index (χ0) is 20.7. The molecule has 1 N–H and O–H groups in total. The number of aromatic nitrogens is 1. The fourth-order valence-electron chi connectivity index (χ4n) is 3.73. The lowest BCUT2D eigenvalue weighted by molar-refractivity contribution is -0.116. The van der Waals surface area contributed by atoms with Crippen molar-refractivity contribution in [2.75, 3.05) is 11.9 Å². The predicted octanol–water partition coefficient (Wildman–Crippen LogP) is 4.27. The highest BCUT2D eigenvalue weighted by molar-refractivity contribution is 7.90. The predicted molar refractivity (Wildman–Crippen MR) is 115 cm³/mol. The Hall–Kier alpha value is -3.58. The molecule has 0 atom stereocenters. The maximum Gasteiger partial charge on any atom is 0.268 e. The summed E-state index contributed by atoms with van der Waals surface area (Å²) in [5.41, 5.74) is 2.19. The van der Waals surface area contributed by atoms with Gasteiger partial charge in [0.05, 0.1) is 34.8 Å².